The lowest BCUT2D eigenvalue weighted by molar-refractivity contribution is -0.384. The van der Waals surface area contributed by atoms with Crippen LogP contribution < -0.4 is 5.32 Å². The molecule has 0 unspecified atom stereocenters. The maximum absolute atomic E-state index is 10.7. The maximum Gasteiger partial charge on any atom is 0.270 e. The molecule has 1 aromatic heterocycles. The third-order valence-corrected chi connectivity index (χ3v) is 2.69. The van der Waals surface area contributed by atoms with Crippen LogP contribution in [0.25, 0.3) is 11.3 Å². The number of methoxy groups -OCH3 is 1. The predicted octanol–water partition coefficient (Wildman–Crippen LogP) is 1.99. The summed E-state index contributed by atoms with van der Waals surface area (Å²) in [4.78, 5) is 10.3. The lowest BCUT2D eigenvalue weighted by atomic mass is 10.1. The van der Waals surface area contributed by atoms with E-state index in [0.29, 0.717) is 24.5 Å². The zero-order valence-corrected chi connectivity index (χ0v) is 11.0. The number of hydrogen-bond acceptors (Lipinski definition) is 6. The monoisotopic (exact) mass is 277 g/mol. The first-order chi connectivity index (χ1) is 9.70. The van der Waals surface area contributed by atoms with Gasteiger partial charge in [-0.2, -0.15) is 0 Å². The highest BCUT2D eigenvalue weighted by atomic mass is 16.6. The lowest BCUT2D eigenvalue weighted by Crippen LogP contribution is -2.18. The highest BCUT2D eigenvalue weighted by Gasteiger charge is 2.11. The normalized spacial score (nSPS) is 10.7. The SMILES string of the molecule is COCCNCc1cc(-c2cccc([N+](=O)[O-])c2)on1. The molecule has 7 heteroatoms. The van der Waals surface area contributed by atoms with Crippen molar-refractivity contribution in [3.63, 3.8) is 0 Å². The van der Waals surface area contributed by atoms with Gasteiger partial charge < -0.3 is 14.6 Å². The molecule has 1 heterocycles. The number of non-ortho nitro benzene ring substituents is 1. The van der Waals surface area contributed by atoms with Crippen molar-refractivity contribution >= 4 is 5.69 Å². The van der Waals surface area contributed by atoms with E-state index < -0.39 is 4.92 Å². The van der Waals surface area contributed by atoms with Crippen LogP contribution >= 0.6 is 0 Å². The topological polar surface area (TPSA) is 90.4 Å². The molecular weight excluding hydrogens is 262 g/mol. The van der Waals surface area contributed by atoms with E-state index >= 15 is 0 Å². The van der Waals surface area contributed by atoms with Crippen molar-refractivity contribution in [1.29, 1.82) is 0 Å². The van der Waals surface area contributed by atoms with Gasteiger partial charge in [0.2, 0.25) is 0 Å². The van der Waals surface area contributed by atoms with Crippen molar-refractivity contribution in [2.75, 3.05) is 20.3 Å². The van der Waals surface area contributed by atoms with Crippen LogP contribution in [0.3, 0.4) is 0 Å². The Morgan fingerprint density at radius 3 is 3.05 bits per heavy atom. The van der Waals surface area contributed by atoms with Gasteiger partial charge in [0.25, 0.3) is 5.69 Å². The quantitative estimate of drug-likeness (QED) is 0.473. The Morgan fingerprint density at radius 2 is 2.30 bits per heavy atom. The van der Waals surface area contributed by atoms with Crippen LogP contribution in [0.5, 0.6) is 0 Å². The number of ether oxygens (including phenoxy) is 1. The van der Waals surface area contributed by atoms with Gasteiger partial charge in [-0.05, 0) is 0 Å². The first kappa shape index (κ1) is 14.2. The molecule has 0 saturated carbocycles. The number of aromatic nitrogens is 1. The summed E-state index contributed by atoms with van der Waals surface area (Å²) in [5, 5.41) is 17.8. The van der Waals surface area contributed by atoms with Crippen LogP contribution in [0, 0.1) is 10.1 Å². The highest BCUT2D eigenvalue weighted by molar-refractivity contribution is 5.60. The molecule has 0 spiro atoms. The lowest BCUT2D eigenvalue weighted by Gasteiger charge is -1.99. The summed E-state index contributed by atoms with van der Waals surface area (Å²) >= 11 is 0. The van der Waals surface area contributed by atoms with Gasteiger partial charge in [0.1, 0.15) is 0 Å². The van der Waals surface area contributed by atoms with Crippen molar-refractivity contribution in [3.8, 4) is 11.3 Å². The van der Waals surface area contributed by atoms with Gasteiger partial charge in [-0.1, -0.05) is 17.3 Å². The van der Waals surface area contributed by atoms with E-state index in [4.69, 9.17) is 9.26 Å². The van der Waals surface area contributed by atoms with Gasteiger partial charge >= 0.3 is 0 Å². The molecule has 1 aromatic carbocycles. The number of rotatable bonds is 7. The summed E-state index contributed by atoms with van der Waals surface area (Å²) < 4.78 is 10.1. The van der Waals surface area contributed by atoms with E-state index in [1.807, 2.05) is 0 Å². The molecule has 106 valence electrons. The average molecular weight is 277 g/mol. The van der Waals surface area contributed by atoms with E-state index in [0.717, 1.165) is 12.2 Å². The molecule has 0 aliphatic carbocycles. The summed E-state index contributed by atoms with van der Waals surface area (Å²) in [5.74, 6) is 0.511. The third kappa shape index (κ3) is 3.62. The Kier molecular flexibility index (Phi) is 4.80. The Hall–Kier alpha value is -2.25. The molecule has 20 heavy (non-hydrogen) atoms. The smallest absolute Gasteiger partial charge is 0.270 e. The van der Waals surface area contributed by atoms with Gasteiger partial charge in [-0.3, -0.25) is 10.1 Å². The molecule has 0 bridgehead atoms. The molecule has 0 aliphatic rings. The second-order valence-electron chi connectivity index (χ2n) is 4.16. The predicted molar refractivity (Wildman–Crippen MR) is 72.2 cm³/mol. The van der Waals surface area contributed by atoms with E-state index in [2.05, 4.69) is 10.5 Å². The molecular formula is C13H15N3O4. The molecule has 0 aliphatic heterocycles. The number of hydrogen-bond donors (Lipinski definition) is 1. The molecule has 0 fully saturated rings. The van der Waals surface area contributed by atoms with Crippen LogP contribution in [0.15, 0.2) is 34.9 Å². The zero-order valence-electron chi connectivity index (χ0n) is 11.0. The van der Waals surface area contributed by atoms with E-state index in [1.54, 1.807) is 25.3 Å². The maximum atomic E-state index is 10.7. The minimum absolute atomic E-state index is 0.0265. The average Bonchev–Trinajstić information content (AvgIpc) is 2.92. The fourth-order valence-corrected chi connectivity index (χ4v) is 1.69. The second kappa shape index (κ2) is 6.78. The summed E-state index contributed by atoms with van der Waals surface area (Å²) in [6.07, 6.45) is 0. The summed E-state index contributed by atoms with van der Waals surface area (Å²) in [6, 6.07) is 8.02. The summed E-state index contributed by atoms with van der Waals surface area (Å²) in [7, 11) is 1.64. The molecule has 0 atom stereocenters. The van der Waals surface area contributed by atoms with Crippen LogP contribution in [-0.2, 0) is 11.3 Å². The molecule has 0 amide bonds. The first-order valence-electron chi connectivity index (χ1n) is 6.11. The third-order valence-electron chi connectivity index (χ3n) is 2.69. The van der Waals surface area contributed by atoms with Crippen LogP contribution in [-0.4, -0.2) is 30.3 Å². The molecule has 1 N–H and O–H groups in total. The van der Waals surface area contributed by atoms with Gasteiger partial charge in [-0.15, -0.1) is 0 Å². The molecule has 2 rings (SSSR count). The Labute approximate surface area is 115 Å². The molecule has 7 nitrogen and oxygen atoms in total. The molecule has 0 saturated heterocycles. The van der Waals surface area contributed by atoms with E-state index in [9.17, 15) is 10.1 Å². The zero-order chi connectivity index (χ0) is 14.4. The van der Waals surface area contributed by atoms with Crippen LogP contribution in [0.4, 0.5) is 5.69 Å². The summed E-state index contributed by atoms with van der Waals surface area (Å²) in [5.41, 5.74) is 1.40. The van der Waals surface area contributed by atoms with Crippen molar-refractivity contribution in [2.24, 2.45) is 0 Å². The van der Waals surface area contributed by atoms with Crippen molar-refractivity contribution in [1.82, 2.24) is 10.5 Å². The molecule has 0 radical (unpaired) electrons. The number of nitrogens with one attached hydrogen (secondary N) is 1. The first-order valence-corrected chi connectivity index (χ1v) is 6.11. The number of benzene rings is 1. The van der Waals surface area contributed by atoms with Gasteiger partial charge in [0, 0.05) is 44.0 Å². The van der Waals surface area contributed by atoms with Gasteiger partial charge in [0.05, 0.1) is 17.2 Å². The Balaban J connectivity index is 2.04. The molecule has 2 aromatic rings. The van der Waals surface area contributed by atoms with Crippen molar-refractivity contribution in [3.05, 3.63) is 46.1 Å². The minimum Gasteiger partial charge on any atom is -0.383 e. The Bertz CT molecular complexity index is 583. The second-order valence-corrected chi connectivity index (χ2v) is 4.16. The van der Waals surface area contributed by atoms with E-state index in [1.165, 1.54) is 12.1 Å². The minimum atomic E-state index is -0.437. The summed E-state index contributed by atoms with van der Waals surface area (Å²) in [6.45, 7) is 1.90. The van der Waals surface area contributed by atoms with E-state index in [-0.39, 0.29) is 5.69 Å². The van der Waals surface area contributed by atoms with Crippen molar-refractivity contribution in [2.45, 2.75) is 6.54 Å². The van der Waals surface area contributed by atoms with Crippen LogP contribution in [0.2, 0.25) is 0 Å². The van der Waals surface area contributed by atoms with Gasteiger partial charge in [-0.25, -0.2) is 0 Å². The standard InChI is InChI=1S/C13H15N3O4/c1-19-6-5-14-9-11-8-13(20-15-11)10-3-2-4-12(7-10)16(17)18/h2-4,7-8,14H,5-6,9H2,1H3. The number of nitro benzene ring substituents is 1. The fraction of sp³-hybridized carbons (Fsp3) is 0.308. The number of nitro groups is 1. The highest BCUT2D eigenvalue weighted by Crippen LogP contribution is 2.24. The fourth-order valence-electron chi connectivity index (χ4n) is 1.69. The number of nitrogens with zero attached hydrogens (tertiary/aromatic N) is 2. The van der Waals surface area contributed by atoms with Gasteiger partial charge in [0.15, 0.2) is 5.76 Å². The van der Waals surface area contributed by atoms with Crippen LogP contribution in [0.1, 0.15) is 5.69 Å². The van der Waals surface area contributed by atoms with Crippen molar-refractivity contribution < 1.29 is 14.2 Å². The largest absolute Gasteiger partial charge is 0.383 e. The Morgan fingerprint density at radius 1 is 1.45 bits per heavy atom.